The van der Waals surface area contributed by atoms with Gasteiger partial charge >= 0.3 is 11.9 Å². The Labute approximate surface area is 247 Å². The second-order valence-electron chi connectivity index (χ2n) is 9.33. The number of ether oxygens (including phenoxy) is 2. The van der Waals surface area contributed by atoms with E-state index < -0.39 is 38.6 Å². The molecule has 4 heterocycles. The molecule has 0 spiro atoms. The molecule has 3 atom stereocenters. The number of thioether (sulfide) groups is 1. The summed E-state index contributed by atoms with van der Waals surface area (Å²) in [5.74, 6) is -1.85. The summed E-state index contributed by atoms with van der Waals surface area (Å²) in [6.07, 6.45) is 0.672. The second-order valence-corrected chi connectivity index (χ2v) is 12.8. The van der Waals surface area contributed by atoms with Crippen LogP contribution in [0.3, 0.4) is 0 Å². The van der Waals surface area contributed by atoms with E-state index in [0.717, 1.165) is 22.0 Å². The van der Waals surface area contributed by atoms with Crippen LogP contribution in [0.4, 0.5) is 5.69 Å². The van der Waals surface area contributed by atoms with Gasteiger partial charge in [0.25, 0.3) is 11.6 Å². The highest BCUT2D eigenvalue weighted by molar-refractivity contribution is 9.10. The summed E-state index contributed by atoms with van der Waals surface area (Å²) in [6.45, 7) is 1.23. The average Bonchev–Trinajstić information content (AvgIpc) is 3.61. The maximum atomic E-state index is 13.7. The molecule has 41 heavy (non-hydrogen) atoms. The number of hydrogen-bond acceptors (Lipinski definition) is 10. The van der Waals surface area contributed by atoms with Gasteiger partial charge in [-0.1, -0.05) is 39.4 Å². The number of nitro groups is 1. The van der Waals surface area contributed by atoms with Crippen LogP contribution in [0.15, 0.2) is 59.3 Å². The van der Waals surface area contributed by atoms with E-state index >= 15 is 0 Å². The molecule has 4 aromatic rings. The van der Waals surface area contributed by atoms with Crippen LogP contribution in [0.2, 0.25) is 0 Å². The zero-order chi connectivity index (χ0) is 29.2. The van der Waals surface area contributed by atoms with Crippen LogP contribution in [-0.4, -0.2) is 59.0 Å². The van der Waals surface area contributed by atoms with Crippen LogP contribution in [0.25, 0.3) is 15.2 Å². The zero-order valence-corrected chi connectivity index (χ0v) is 24.5. The molecule has 2 aliphatic heterocycles. The normalized spacial score (nSPS) is 20.7. The van der Waals surface area contributed by atoms with Gasteiger partial charge < -0.3 is 14.6 Å². The standard InChI is InChI=1S/C26H19BrN4O8S2/c1-12(32)39-21(16-11-29-17-10-15(38-2)7-8-18(17)41-25(29)28-16)26(27)23(35)30-20(22(33)34)19(40-24(26)30)9-13-3-5-14(6-4-13)31(36)37/h3-8,10-11,21,24H,9H2,1-2H3,(H,33,34). The number of carbonyl (C=O) groups is 3. The van der Waals surface area contributed by atoms with Crippen molar-refractivity contribution in [3.8, 4) is 5.75 Å². The SMILES string of the molecule is COc1ccc2sc3nc(C(OC(C)=O)C4(Br)C(=O)N5C(C(=O)O)=C(Cc6ccc([N+](=O)[O-])cc6)SC54)cn3c2c1. The minimum Gasteiger partial charge on any atom is -0.497 e. The van der Waals surface area contributed by atoms with Gasteiger partial charge in [-0.3, -0.25) is 29.0 Å². The fraction of sp³-hybridized carbons (Fsp3) is 0.231. The number of allylic oxidation sites excluding steroid dienone is 1. The molecular formula is C26H19BrN4O8S2. The molecule has 0 saturated carbocycles. The topological polar surface area (TPSA) is 154 Å². The van der Waals surface area contributed by atoms with Crippen molar-refractivity contribution in [1.29, 1.82) is 0 Å². The third kappa shape index (κ3) is 4.26. The summed E-state index contributed by atoms with van der Waals surface area (Å²) in [7, 11) is 1.57. The number of β-lactam (4-membered cyclic amide) rings is 1. The first-order valence-electron chi connectivity index (χ1n) is 12.0. The number of carbonyl (C=O) groups excluding carboxylic acids is 2. The summed E-state index contributed by atoms with van der Waals surface area (Å²) < 4.78 is 12.3. The van der Waals surface area contributed by atoms with Crippen LogP contribution in [0.5, 0.6) is 5.75 Å². The number of esters is 1. The number of rotatable bonds is 8. The minimum absolute atomic E-state index is 0.0887. The molecule has 0 aliphatic carbocycles. The number of halogens is 1. The highest BCUT2D eigenvalue weighted by atomic mass is 79.9. The number of imidazole rings is 1. The van der Waals surface area contributed by atoms with Crippen LogP contribution >= 0.6 is 39.0 Å². The molecule has 210 valence electrons. The lowest BCUT2D eigenvalue weighted by molar-refractivity contribution is -0.384. The lowest BCUT2D eigenvalue weighted by Crippen LogP contribution is -2.70. The Morgan fingerprint density at radius 2 is 2.00 bits per heavy atom. The molecule has 2 aliphatic rings. The van der Waals surface area contributed by atoms with E-state index in [4.69, 9.17) is 9.47 Å². The number of non-ortho nitro benzene ring substituents is 1. The Kier molecular flexibility index (Phi) is 6.54. The van der Waals surface area contributed by atoms with Crippen molar-refractivity contribution in [2.24, 2.45) is 0 Å². The first-order valence-corrected chi connectivity index (χ1v) is 14.5. The van der Waals surface area contributed by atoms with E-state index in [1.807, 2.05) is 22.6 Å². The van der Waals surface area contributed by atoms with E-state index in [0.29, 0.717) is 26.9 Å². The second kappa shape index (κ2) is 9.85. The van der Waals surface area contributed by atoms with E-state index in [1.54, 1.807) is 25.4 Å². The fourth-order valence-corrected chi connectivity index (χ4v) is 8.51. The number of nitrogens with zero attached hydrogens (tertiary/aromatic N) is 4. The van der Waals surface area contributed by atoms with Crippen molar-refractivity contribution in [3.05, 3.63) is 80.6 Å². The molecule has 0 bridgehead atoms. The molecular weight excluding hydrogens is 640 g/mol. The molecule has 1 saturated heterocycles. The van der Waals surface area contributed by atoms with Gasteiger partial charge in [0.05, 0.1) is 22.2 Å². The number of nitro benzene ring substituents is 1. The summed E-state index contributed by atoms with van der Waals surface area (Å²) in [5, 5.41) is 20.3. The quantitative estimate of drug-likeness (QED) is 0.0929. The predicted molar refractivity (Wildman–Crippen MR) is 153 cm³/mol. The van der Waals surface area contributed by atoms with Gasteiger partial charge in [-0.15, -0.1) is 11.8 Å². The average molecular weight is 659 g/mol. The van der Waals surface area contributed by atoms with E-state index in [1.165, 1.54) is 35.3 Å². The number of aromatic nitrogens is 2. The lowest BCUT2D eigenvalue weighted by atomic mass is 9.88. The smallest absolute Gasteiger partial charge is 0.353 e. The number of amides is 1. The van der Waals surface area contributed by atoms with Gasteiger partial charge in [-0.05, 0) is 17.7 Å². The molecule has 1 amide bonds. The van der Waals surface area contributed by atoms with Crippen molar-refractivity contribution in [3.63, 3.8) is 0 Å². The largest absolute Gasteiger partial charge is 0.497 e. The summed E-state index contributed by atoms with van der Waals surface area (Å²) in [5.41, 5.74) is 1.52. The molecule has 12 nitrogen and oxygen atoms in total. The summed E-state index contributed by atoms with van der Waals surface area (Å²) in [6, 6.07) is 11.4. The first-order chi connectivity index (χ1) is 19.5. The Balaban J connectivity index is 1.36. The van der Waals surface area contributed by atoms with E-state index in [2.05, 4.69) is 20.9 Å². The van der Waals surface area contributed by atoms with Crippen molar-refractivity contribution in [1.82, 2.24) is 14.3 Å². The predicted octanol–water partition coefficient (Wildman–Crippen LogP) is 4.66. The maximum Gasteiger partial charge on any atom is 0.353 e. The van der Waals surface area contributed by atoms with Gasteiger partial charge in [0.1, 0.15) is 22.5 Å². The van der Waals surface area contributed by atoms with E-state index in [9.17, 15) is 29.6 Å². The number of carboxylic acid groups (broad SMARTS) is 1. The van der Waals surface area contributed by atoms with Gasteiger partial charge in [-0.2, -0.15) is 0 Å². The van der Waals surface area contributed by atoms with Crippen LogP contribution in [0, 0.1) is 10.1 Å². The number of fused-ring (bicyclic) bond motifs is 4. The molecule has 3 unspecified atom stereocenters. The molecule has 2 aromatic carbocycles. The van der Waals surface area contributed by atoms with Gasteiger partial charge in [0.15, 0.2) is 15.4 Å². The Bertz CT molecular complexity index is 1820. The van der Waals surface area contributed by atoms with Crippen molar-refractivity contribution < 1.29 is 33.9 Å². The molecule has 15 heteroatoms. The summed E-state index contributed by atoms with van der Waals surface area (Å²) in [4.78, 5) is 55.6. The van der Waals surface area contributed by atoms with Gasteiger partial charge in [0.2, 0.25) is 0 Å². The van der Waals surface area contributed by atoms with Crippen LogP contribution in [0.1, 0.15) is 24.3 Å². The Hall–Kier alpha value is -3.95. The number of thiazole rings is 1. The number of alkyl halides is 1. The molecule has 1 N–H and O–H groups in total. The third-order valence-corrected chi connectivity index (χ3v) is 10.8. The number of benzene rings is 2. The van der Waals surface area contributed by atoms with E-state index in [-0.39, 0.29) is 17.8 Å². The number of hydrogen-bond donors (Lipinski definition) is 1. The molecule has 1 fully saturated rings. The third-order valence-electron chi connectivity index (χ3n) is 6.87. The maximum absolute atomic E-state index is 13.7. The zero-order valence-electron chi connectivity index (χ0n) is 21.3. The van der Waals surface area contributed by atoms with Gasteiger partial charge in [0, 0.05) is 42.6 Å². The molecule has 6 rings (SSSR count). The van der Waals surface area contributed by atoms with Crippen molar-refractivity contribution >= 4 is 77.7 Å². The summed E-state index contributed by atoms with van der Waals surface area (Å²) >= 11 is 6.13. The lowest BCUT2D eigenvalue weighted by Gasteiger charge is -2.51. The Morgan fingerprint density at radius 3 is 2.63 bits per heavy atom. The number of carboxylic acids is 1. The first kappa shape index (κ1) is 27.2. The Morgan fingerprint density at radius 1 is 1.27 bits per heavy atom. The fourth-order valence-electron chi connectivity index (χ4n) is 4.99. The van der Waals surface area contributed by atoms with Crippen LogP contribution < -0.4 is 4.74 Å². The van der Waals surface area contributed by atoms with Crippen molar-refractivity contribution in [2.75, 3.05) is 7.11 Å². The van der Waals surface area contributed by atoms with Crippen LogP contribution in [-0.2, 0) is 25.5 Å². The molecule has 0 radical (unpaired) electrons. The molecule has 2 aromatic heterocycles. The monoisotopic (exact) mass is 658 g/mol. The highest BCUT2D eigenvalue weighted by Gasteiger charge is 2.70. The number of methoxy groups -OCH3 is 1. The van der Waals surface area contributed by atoms with Gasteiger partial charge in [-0.25, -0.2) is 9.78 Å². The minimum atomic E-state index is -1.50. The number of aliphatic carboxylic acids is 1. The van der Waals surface area contributed by atoms with Crippen molar-refractivity contribution in [2.45, 2.75) is 29.1 Å². The highest BCUT2D eigenvalue weighted by Crippen LogP contribution is 2.60.